The molecule has 1 aliphatic rings. The van der Waals surface area contributed by atoms with E-state index in [-0.39, 0.29) is 23.2 Å². The summed E-state index contributed by atoms with van der Waals surface area (Å²) in [4.78, 5) is 19.5. The van der Waals surface area contributed by atoms with Gasteiger partial charge in [0.15, 0.2) is 0 Å². The Morgan fingerprint density at radius 3 is 2.55 bits per heavy atom. The van der Waals surface area contributed by atoms with Crippen molar-refractivity contribution in [1.82, 2.24) is 14.5 Å². The smallest absolute Gasteiger partial charge is 0.227 e. The molecule has 0 atom stereocenters. The van der Waals surface area contributed by atoms with Crippen LogP contribution in [-0.4, -0.2) is 40.6 Å². The molecule has 31 heavy (non-hydrogen) atoms. The number of carbonyl (C=O) groups is 1. The maximum absolute atomic E-state index is 13.9. The molecule has 1 aliphatic heterocycles. The molecule has 164 valence electrons. The van der Waals surface area contributed by atoms with Crippen LogP contribution in [0.1, 0.15) is 51.0 Å². The van der Waals surface area contributed by atoms with E-state index in [0.29, 0.717) is 11.9 Å². The molecule has 0 spiro atoms. The summed E-state index contributed by atoms with van der Waals surface area (Å²) in [6.45, 7) is 7.32. The van der Waals surface area contributed by atoms with Crippen LogP contribution in [0.5, 0.6) is 5.75 Å². The number of likely N-dealkylation sites (tertiary alicyclic amines) is 1. The first-order chi connectivity index (χ1) is 14.8. The zero-order valence-corrected chi connectivity index (χ0v) is 18.7. The fourth-order valence-electron chi connectivity index (χ4n) is 4.47. The van der Waals surface area contributed by atoms with E-state index < -0.39 is 0 Å². The highest BCUT2D eigenvalue weighted by Crippen LogP contribution is 2.32. The average molecular weight is 424 g/mol. The monoisotopic (exact) mass is 423 g/mol. The number of ether oxygens (including phenoxy) is 1. The number of methoxy groups -OCH3 is 1. The van der Waals surface area contributed by atoms with Gasteiger partial charge >= 0.3 is 0 Å². The lowest BCUT2D eigenvalue weighted by Gasteiger charge is -2.36. The van der Waals surface area contributed by atoms with E-state index in [9.17, 15) is 9.18 Å². The molecule has 1 aromatic heterocycles. The van der Waals surface area contributed by atoms with Gasteiger partial charge in [0.05, 0.1) is 18.1 Å². The van der Waals surface area contributed by atoms with Gasteiger partial charge in [-0.2, -0.15) is 0 Å². The van der Waals surface area contributed by atoms with Gasteiger partial charge in [0, 0.05) is 42.6 Å². The van der Waals surface area contributed by atoms with Crippen LogP contribution in [0.3, 0.4) is 0 Å². The Morgan fingerprint density at radius 2 is 1.87 bits per heavy atom. The molecule has 6 heteroatoms. The summed E-state index contributed by atoms with van der Waals surface area (Å²) in [5.41, 5.74) is 2.27. The van der Waals surface area contributed by atoms with Gasteiger partial charge in [-0.1, -0.05) is 39.0 Å². The molecule has 0 radical (unpaired) electrons. The summed E-state index contributed by atoms with van der Waals surface area (Å²) in [6.07, 6.45) is 2.30. The second kappa shape index (κ2) is 8.33. The Balaban J connectivity index is 1.67. The van der Waals surface area contributed by atoms with E-state index in [0.717, 1.165) is 48.6 Å². The number of para-hydroxylation sites is 1. The van der Waals surface area contributed by atoms with Gasteiger partial charge in [0.25, 0.3) is 0 Å². The van der Waals surface area contributed by atoms with E-state index in [4.69, 9.17) is 9.72 Å². The predicted molar refractivity (Wildman–Crippen MR) is 120 cm³/mol. The molecule has 1 fully saturated rings. The molecule has 0 aliphatic carbocycles. The quantitative estimate of drug-likeness (QED) is 0.594. The zero-order chi connectivity index (χ0) is 22.2. The third-order valence-electron chi connectivity index (χ3n) is 6.02. The maximum atomic E-state index is 13.9. The predicted octanol–water partition coefficient (Wildman–Crippen LogP) is 4.98. The van der Waals surface area contributed by atoms with Crippen molar-refractivity contribution >= 4 is 16.9 Å². The standard InChI is InChI=1S/C25H30FN3O2/c1-25(2,3)24(30)28-13-11-19(12-14-28)29-21-10-9-18(26)16-20(21)27-23(29)15-17-7-5-6-8-22(17)31-4/h5-10,16,19H,11-15H2,1-4H3. The number of hydrogen-bond acceptors (Lipinski definition) is 3. The lowest BCUT2D eigenvalue weighted by atomic mass is 9.93. The highest BCUT2D eigenvalue weighted by Gasteiger charge is 2.32. The molecule has 1 amide bonds. The SMILES string of the molecule is COc1ccccc1Cc1nc2cc(F)ccc2n1C1CCN(C(=O)C(C)(C)C)CC1. The largest absolute Gasteiger partial charge is 0.496 e. The van der Waals surface area contributed by atoms with Crippen molar-refractivity contribution in [3.8, 4) is 5.75 Å². The summed E-state index contributed by atoms with van der Waals surface area (Å²) in [5.74, 6) is 1.62. The summed E-state index contributed by atoms with van der Waals surface area (Å²) in [6, 6.07) is 12.9. The molecule has 1 saturated heterocycles. The van der Waals surface area contributed by atoms with Crippen molar-refractivity contribution in [3.63, 3.8) is 0 Å². The van der Waals surface area contributed by atoms with E-state index in [1.54, 1.807) is 7.11 Å². The third-order valence-corrected chi connectivity index (χ3v) is 6.02. The molecule has 0 unspecified atom stereocenters. The summed E-state index contributed by atoms with van der Waals surface area (Å²) < 4.78 is 21.7. The van der Waals surface area contributed by atoms with Gasteiger partial charge < -0.3 is 14.2 Å². The van der Waals surface area contributed by atoms with E-state index in [2.05, 4.69) is 4.57 Å². The van der Waals surface area contributed by atoms with Gasteiger partial charge in [0.2, 0.25) is 5.91 Å². The Bertz CT molecular complexity index is 1090. The van der Waals surface area contributed by atoms with Crippen LogP contribution in [0.4, 0.5) is 4.39 Å². The van der Waals surface area contributed by atoms with Crippen LogP contribution in [0.2, 0.25) is 0 Å². The normalized spacial score (nSPS) is 15.5. The van der Waals surface area contributed by atoms with Crippen LogP contribution >= 0.6 is 0 Å². The van der Waals surface area contributed by atoms with E-state index in [1.807, 2.05) is 56.0 Å². The minimum Gasteiger partial charge on any atom is -0.496 e. The first kappa shape index (κ1) is 21.3. The molecule has 4 rings (SSSR count). The third kappa shape index (κ3) is 4.29. The fourth-order valence-corrected chi connectivity index (χ4v) is 4.47. The molecule has 2 heterocycles. The highest BCUT2D eigenvalue weighted by atomic mass is 19.1. The van der Waals surface area contributed by atoms with Crippen LogP contribution in [0.15, 0.2) is 42.5 Å². The van der Waals surface area contributed by atoms with Gasteiger partial charge in [-0.15, -0.1) is 0 Å². The minimum atomic E-state index is -0.374. The Labute approximate surface area is 182 Å². The van der Waals surface area contributed by atoms with Crippen LogP contribution in [0.25, 0.3) is 11.0 Å². The molecule has 3 aromatic rings. The number of amides is 1. The molecular formula is C25H30FN3O2. The lowest BCUT2D eigenvalue weighted by molar-refractivity contribution is -0.140. The van der Waals surface area contributed by atoms with Crippen molar-refractivity contribution in [2.45, 2.75) is 46.1 Å². The molecule has 0 N–H and O–H groups in total. The first-order valence-electron chi connectivity index (χ1n) is 10.9. The lowest BCUT2D eigenvalue weighted by Crippen LogP contribution is -2.44. The van der Waals surface area contributed by atoms with Crippen molar-refractivity contribution in [2.75, 3.05) is 20.2 Å². The van der Waals surface area contributed by atoms with Crippen LogP contribution in [-0.2, 0) is 11.2 Å². The Morgan fingerprint density at radius 1 is 1.16 bits per heavy atom. The number of benzene rings is 2. The van der Waals surface area contributed by atoms with E-state index >= 15 is 0 Å². The van der Waals surface area contributed by atoms with Gasteiger partial charge in [-0.3, -0.25) is 4.79 Å². The molecule has 5 nitrogen and oxygen atoms in total. The molecule has 2 aromatic carbocycles. The zero-order valence-electron chi connectivity index (χ0n) is 18.7. The van der Waals surface area contributed by atoms with Gasteiger partial charge in [-0.25, -0.2) is 9.37 Å². The van der Waals surface area contributed by atoms with Crippen molar-refractivity contribution < 1.29 is 13.9 Å². The number of carbonyl (C=O) groups excluding carboxylic acids is 1. The topological polar surface area (TPSA) is 47.4 Å². The summed E-state index contributed by atoms with van der Waals surface area (Å²) in [7, 11) is 1.67. The molecule has 0 saturated carbocycles. The highest BCUT2D eigenvalue weighted by molar-refractivity contribution is 5.81. The molecular weight excluding hydrogens is 393 g/mol. The average Bonchev–Trinajstić information content (AvgIpc) is 3.09. The number of imidazole rings is 1. The number of fused-ring (bicyclic) bond motifs is 1. The second-order valence-electron chi connectivity index (χ2n) is 9.29. The van der Waals surface area contributed by atoms with Crippen LogP contribution in [0, 0.1) is 11.2 Å². The number of piperidine rings is 1. The van der Waals surface area contributed by atoms with Crippen molar-refractivity contribution in [3.05, 3.63) is 59.7 Å². The second-order valence-corrected chi connectivity index (χ2v) is 9.29. The minimum absolute atomic E-state index is 0.192. The van der Waals surface area contributed by atoms with Crippen molar-refractivity contribution in [1.29, 1.82) is 0 Å². The Hall–Kier alpha value is -2.89. The first-order valence-corrected chi connectivity index (χ1v) is 10.9. The number of rotatable bonds is 4. The maximum Gasteiger partial charge on any atom is 0.227 e. The number of aromatic nitrogens is 2. The van der Waals surface area contributed by atoms with Crippen molar-refractivity contribution in [2.24, 2.45) is 5.41 Å². The number of nitrogens with zero attached hydrogens (tertiary/aromatic N) is 3. The fraction of sp³-hybridized carbons (Fsp3) is 0.440. The van der Waals surface area contributed by atoms with Crippen LogP contribution < -0.4 is 4.74 Å². The van der Waals surface area contributed by atoms with Gasteiger partial charge in [-0.05, 0) is 31.0 Å². The Kier molecular flexibility index (Phi) is 5.73. The van der Waals surface area contributed by atoms with Gasteiger partial charge in [0.1, 0.15) is 17.4 Å². The number of halogens is 1. The summed E-state index contributed by atoms with van der Waals surface area (Å²) >= 11 is 0. The molecule has 0 bridgehead atoms. The number of hydrogen-bond donors (Lipinski definition) is 0. The summed E-state index contributed by atoms with van der Waals surface area (Å²) in [5, 5.41) is 0. The van der Waals surface area contributed by atoms with E-state index in [1.165, 1.54) is 12.1 Å².